The fourth-order valence-corrected chi connectivity index (χ4v) is 3.66. The van der Waals surface area contributed by atoms with Gasteiger partial charge in [0.2, 0.25) is 0 Å². The van der Waals surface area contributed by atoms with E-state index in [0.29, 0.717) is 12.8 Å². The first-order valence-electron chi connectivity index (χ1n) is 8.20. The fraction of sp³-hybridized carbons (Fsp3) is 0.667. The average molecular weight is 292 g/mol. The van der Waals surface area contributed by atoms with E-state index in [9.17, 15) is 15.3 Å². The van der Waals surface area contributed by atoms with Gasteiger partial charge >= 0.3 is 0 Å². The SMILES string of the molecule is CC[C@@H]1[C@@H](CC[C@@H](O)CCc2ccccc2)[C@H](O)C[C@@H]1O. The van der Waals surface area contributed by atoms with Crippen molar-refractivity contribution in [3.63, 3.8) is 0 Å². The van der Waals surface area contributed by atoms with Crippen LogP contribution in [0.15, 0.2) is 30.3 Å². The summed E-state index contributed by atoms with van der Waals surface area (Å²) >= 11 is 0. The Balaban J connectivity index is 1.74. The first-order chi connectivity index (χ1) is 10.1. The Morgan fingerprint density at radius 2 is 1.71 bits per heavy atom. The van der Waals surface area contributed by atoms with Gasteiger partial charge < -0.3 is 15.3 Å². The van der Waals surface area contributed by atoms with Crippen LogP contribution in [-0.4, -0.2) is 33.6 Å². The van der Waals surface area contributed by atoms with Gasteiger partial charge in [-0.25, -0.2) is 0 Å². The highest BCUT2D eigenvalue weighted by molar-refractivity contribution is 5.14. The van der Waals surface area contributed by atoms with Gasteiger partial charge in [0.15, 0.2) is 0 Å². The first kappa shape index (κ1) is 16.5. The normalized spacial score (nSPS) is 30.5. The summed E-state index contributed by atoms with van der Waals surface area (Å²) in [5, 5.41) is 30.1. The van der Waals surface area contributed by atoms with Crippen LogP contribution in [-0.2, 0) is 6.42 Å². The molecule has 1 saturated carbocycles. The third-order valence-electron chi connectivity index (χ3n) is 4.94. The van der Waals surface area contributed by atoms with Gasteiger partial charge in [0.25, 0.3) is 0 Å². The maximum Gasteiger partial charge on any atom is 0.0596 e. The monoisotopic (exact) mass is 292 g/mol. The average Bonchev–Trinajstić information content (AvgIpc) is 2.77. The Bertz CT molecular complexity index is 406. The molecule has 0 heterocycles. The van der Waals surface area contributed by atoms with E-state index in [-0.39, 0.29) is 24.0 Å². The van der Waals surface area contributed by atoms with Crippen molar-refractivity contribution < 1.29 is 15.3 Å². The molecule has 0 aliphatic heterocycles. The van der Waals surface area contributed by atoms with Gasteiger partial charge in [-0.3, -0.25) is 0 Å². The van der Waals surface area contributed by atoms with Crippen LogP contribution in [0.3, 0.4) is 0 Å². The molecule has 0 unspecified atom stereocenters. The quantitative estimate of drug-likeness (QED) is 0.724. The van der Waals surface area contributed by atoms with Crippen molar-refractivity contribution in [3.05, 3.63) is 35.9 Å². The van der Waals surface area contributed by atoms with E-state index < -0.39 is 6.10 Å². The third-order valence-corrected chi connectivity index (χ3v) is 4.94. The van der Waals surface area contributed by atoms with Crippen LogP contribution in [0.2, 0.25) is 0 Å². The topological polar surface area (TPSA) is 60.7 Å². The molecule has 1 aliphatic rings. The number of rotatable bonds is 7. The van der Waals surface area contributed by atoms with Crippen molar-refractivity contribution in [2.75, 3.05) is 0 Å². The van der Waals surface area contributed by atoms with Gasteiger partial charge in [0, 0.05) is 0 Å². The van der Waals surface area contributed by atoms with E-state index in [1.165, 1.54) is 5.56 Å². The largest absolute Gasteiger partial charge is 0.393 e. The summed E-state index contributed by atoms with van der Waals surface area (Å²) in [5.41, 5.74) is 1.25. The first-order valence-corrected chi connectivity index (χ1v) is 8.20. The number of benzene rings is 1. The predicted molar refractivity (Wildman–Crippen MR) is 83.9 cm³/mol. The van der Waals surface area contributed by atoms with Crippen molar-refractivity contribution in [1.82, 2.24) is 0 Å². The Morgan fingerprint density at radius 1 is 1.05 bits per heavy atom. The molecule has 0 bridgehead atoms. The zero-order chi connectivity index (χ0) is 15.2. The number of hydrogen-bond acceptors (Lipinski definition) is 3. The van der Waals surface area contributed by atoms with Crippen LogP contribution in [0.25, 0.3) is 0 Å². The Hall–Kier alpha value is -0.900. The molecule has 0 saturated heterocycles. The summed E-state index contributed by atoms with van der Waals surface area (Å²) < 4.78 is 0. The summed E-state index contributed by atoms with van der Waals surface area (Å²) in [7, 11) is 0. The van der Waals surface area contributed by atoms with Crippen LogP contribution >= 0.6 is 0 Å². The lowest BCUT2D eigenvalue weighted by molar-refractivity contribution is 0.0835. The van der Waals surface area contributed by atoms with Crippen molar-refractivity contribution in [1.29, 1.82) is 0 Å². The molecule has 1 aliphatic carbocycles. The maximum atomic E-state index is 10.1. The lowest BCUT2D eigenvalue weighted by atomic mass is 9.86. The van der Waals surface area contributed by atoms with Crippen molar-refractivity contribution in [3.8, 4) is 0 Å². The van der Waals surface area contributed by atoms with E-state index in [0.717, 1.165) is 25.7 Å². The molecule has 0 amide bonds. The molecule has 0 spiro atoms. The molecule has 3 N–H and O–H groups in total. The van der Waals surface area contributed by atoms with E-state index >= 15 is 0 Å². The highest BCUT2D eigenvalue weighted by Crippen LogP contribution is 2.38. The highest BCUT2D eigenvalue weighted by Gasteiger charge is 2.40. The minimum atomic E-state index is -0.411. The van der Waals surface area contributed by atoms with E-state index in [4.69, 9.17) is 0 Å². The van der Waals surface area contributed by atoms with Gasteiger partial charge in [0.05, 0.1) is 18.3 Å². The molecule has 1 aromatic rings. The molecule has 3 nitrogen and oxygen atoms in total. The van der Waals surface area contributed by atoms with Crippen molar-refractivity contribution in [2.24, 2.45) is 11.8 Å². The second-order valence-electron chi connectivity index (χ2n) is 6.36. The van der Waals surface area contributed by atoms with E-state index in [1.54, 1.807) is 0 Å². The molecular weight excluding hydrogens is 264 g/mol. The van der Waals surface area contributed by atoms with Crippen LogP contribution in [0.5, 0.6) is 0 Å². The number of aliphatic hydroxyl groups excluding tert-OH is 3. The zero-order valence-corrected chi connectivity index (χ0v) is 12.9. The van der Waals surface area contributed by atoms with Gasteiger partial charge in [-0.1, -0.05) is 43.7 Å². The lowest BCUT2D eigenvalue weighted by Gasteiger charge is -2.23. The molecule has 1 fully saturated rings. The molecule has 1 aromatic carbocycles. The minimum absolute atomic E-state index is 0.136. The Morgan fingerprint density at radius 3 is 2.38 bits per heavy atom. The van der Waals surface area contributed by atoms with Gasteiger partial charge in [-0.15, -0.1) is 0 Å². The van der Waals surface area contributed by atoms with Crippen LogP contribution in [0.1, 0.15) is 44.6 Å². The predicted octanol–water partition coefficient (Wildman–Crippen LogP) is 2.53. The van der Waals surface area contributed by atoms with Gasteiger partial charge in [-0.2, -0.15) is 0 Å². The second kappa shape index (κ2) is 7.92. The second-order valence-corrected chi connectivity index (χ2v) is 6.36. The fourth-order valence-electron chi connectivity index (χ4n) is 3.66. The summed E-state index contributed by atoms with van der Waals surface area (Å²) in [4.78, 5) is 0. The number of aliphatic hydroxyl groups is 3. The summed E-state index contributed by atoms with van der Waals surface area (Å²) in [6, 6.07) is 10.2. The van der Waals surface area contributed by atoms with Crippen molar-refractivity contribution >= 4 is 0 Å². The molecular formula is C18H28O3. The number of aryl methyl sites for hydroxylation is 1. The van der Waals surface area contributed by atoms with Gasteiger partial charge in [-0.05, 0) is 49.5 Å². The summed E-state index contributed by atoms with van der Waals surface area (Å²) in [5.74, 6) is 0.317. The standard InChI is InChI=1S/C18H28O3/c1-2-15-16(18(21)12-17(15)20)11-10-14(19)9-8-13-6-4-3-5-7-13/h3-7,14-21H,2,8-12H2,1H3/t14-,15+,16+,17-,18+/m0/s1. The minimum Gasteiger partial charge on any atom is -0.393 e. The van der Waals surface area contributed by atoms with Crippen LogP contribution < -0.4 is 0 Å². The van der Waals surface area contributed by atoms with Crippen LogP contribution in [0.4, 0.5) is 0 Å². The third kappa shape index (κ3) is 4.53. The molecule has 2 rings (SSSR count). The lowest BCUT2D eigenvalue weighted by Crippen LogP contribution is -2.23. The highest BCUT2D eigenvalue weighted by atomic mass is 16.3. The number of hydrogen-bond donors (Lipinski definition) is 3. The molecule has 0 radical (unpaired) electrons. The summed E-state index contributed by atoms with van der Waals surface area (Å²) in [6.45, 7) is 2.06. The molecule has 3 heteroatoms. The molecule has 0 aromatic heterocycles. The molecule has 118 valence electrons. The Kier molecular flexibility index (Phi) is 6.22. The zero-order valence-electron chi connectivity index (χ0n) is 12.9. The van der Waals surface area contributed by atoms with Gasteiger partial charge in [0.1, 0.15) is 0 Å². The molecule has 5 atom stereocenters. The van der Waals surface area contributed by atoms with E-state index in [2.05, 4.69) is 19.1 Å². The van der Waals surface area contributed by atoms with Crippen LogP contribution in [0, 0.1) is 11.8 Å². The van der Waals surface area contributed by atoms with Crippen molar-refractivity contribution in [2.45, 2.75) is 63.8 Å². The summed E-state index contributed by atoms with van der Waals surface area (Å²) in [6.07, 6.45) is 3.41. The molecule has 21 heavy (non-hydrogen) atoms. The maximum absolute atomic E-state index is 10.1. The Labute approximate surface area is 127 Å². The van der Waals surface area contributed by atoms with E-state index in [1.807, 2.05) is 18.2 Å². The smallest absolute Gasteiger partial charge is 0.0596 e.